The summed E-state index contributed by atoms with van der Waals surface area (Å²) in [6.45, 7) is 11.6. The largest absolute Gasteiger partial charge is 0.371 e. The molecule has 6 atom stereocenters. The van der Waals surface area contributed by atoms with E-state index in [0.29, 0.717) is 6.61 Å². The van der Waals surface area contributed by atoms with E-state index in [4.69, 9.17) is 9.57 Å². The van der Waals surface area contributed by atoms with Crippen LogP contribution in [0.3, 0.4) is 0 Å². The van der Waals surface area contributed by atoms with Gasteiger partial charge in [0.2, 0.25) is 0 Å². The van der Waals surface area contributed by atoms with Gasteiger partial charge in [-0.2, -0.15) is 5.06 Å². The highest BCUT2D eigenvalue weighted by Gasteiger charge is 2.75. The molecule has 2 heterocycles. The molecular weight excluding hydrogens is 282 g/mol. The maximum Gasteiger partial charge on any atom is 0.258 e. The van der Waals surface area contributed by atoms with Crippen molar-refractivity contribution in [3.8, 4) is 0 Å². The number of fused-ring (bicyclic) bond motifs is 5. The van der Waals surface area contributed by atoms with Crippen LogP contribution in [0.5, 0.6) is 0 Å². The number of nitrogens with zero attached hydrogens (tertiary/aromatic N) is 1. The second kappa shape index (κ2) is 4.01. The molecule has 0 radical (unpaired) electrons. The Morgan fingerprint density at radius 1 is 1.14 bits per heavy atom. The molecule has 3 fully saturated rings. The van der Waals surface area contributed by atoms with Crippen molar-refractivity contribution in [1.82, 2.24) is 5.06 Å². The van der Waals surface area contributed by atoms with Gasteiger partial charge in [0.1, 0.15) is 12.7 Å². The van der Waals surface area contributed by atoms with Crippen LogP contribution in [0.25, 0.3) is 0 Å². The highest BCUT2D eigenvalue weighted by molar-refractivity contribution is 6.06. The van der Waals surface area contributed by atoms with Crippen molar-refractivity contribution in [2.75, 3.05) is 13.2 Å². The molecule has 0 aromatic carbocycles. The van der Waals surface area contributed by atoms with Crippen molar-refractivity contribution >= 4 is 11.8 Å². The molecule has 0 aromatic rings. The molecular formula is C17H23NO4. The van der Waals surface area contributed by atoms with Crippen molar-refractivity contribution in [1.29, 1.82) is 0 Å². The van der Waals surface area contributed by atoms with Crippen LogP contribution in [0, 0.1) is 28.6 Å². The minimum Gasteiger partial charge on any atom is -0.371 e. The Morgan fingerprint density at radius 2 is 1.59 bits per heavy atom. The lowest BCUT2D eigenvalue weighted by molar-refractivity contribution is -0.192. The molecule has 0 spiro atoms. The van der Waals surface area contributed by atoms with Gasteiger partial charge in [0.25, 0.3) is 11.8 Å². The summed E-state index contributed by atoms with van der Waals surface area (Å²) in [5, 5.41) is 1.03. The summed E-state index contributed by atoms with van der Waals surface area (Å²) in [5.74, 6) is -0.620. The molecule has 5 heteroatoms. The lowest BCUT2D eigenvalue weighted by atomic mass is 9.66. The number of epoxide rings is 1. The number of hydroxylamine groups is 2. The van der Waals surface area contributed by atoms with E-state index in [1.54, 1.807) is 0 Å². The molecule has 0 aromatic heterocycles. The zero-order valence-electron chi connectivity index (χ0n) is 13.8. The fraction of sp³-hybridized carbons (Fsp3) is 0.765. The summed E-state index contributed by atoms with van der Waals surface area (Å²) in [6.07, 6.45) is 0.0319. The number of rotatable bonds is 3. The van der Waals surface area contributed by atoms with Crippen LogP contribution in [0.2, 0.25) is 0 Å². The van der Waals surface area contributed by atoms with Gasteiger partial charge in [-0.3, -0.25) is 14.4 Å². The molecule has 22 heavy (non-hydrogen) atoms. The van der Waals surface area contributed by atoms with Crippen LogP contribution in [0.4, 0.5) is 0 Å². The van der Waals surface area contributed by atoms with Crippen LogP contribution in [0.1, 0.15) is 34.6 Å². The highest BCUT2D eigenvalue weighted by Crippen LogP contribution is 2.74. The van der Waals surface area contributed by atoms with E-state index in [1.165, 1.54) is 11.1 Å². The van der Waals surface area contributed by atoms with Gasteiger partial charge >= 0.3 is 0 Å². The number of allylic oxidation sites excluding steroid dienone is 2. The van der Waals surface area contributed by atoms with Gasteiger partial charge in [-0.1, -0.05) is 31.9 Å². The molecule has 0 N–H and O–H groups in total. The summed E-state index contributed by atoms with van der Waals surface area (Å²) in [4.78, 5) is 31.3. The lowest BCUT2D eigenvalue weighted by Gasteiger charge is -2.34. The summed E-state index contributed by atoms with van der Waals surface area (Å²) >= 11 is 0. The van der Waals surface area contributed by atoms with Gasteiger partial charge in [-0.05, 0) is 19.8 Å². The number of carbonyl (C=O) groups is 2. The summed E-state index contributed by atoms with van der Waals surface area (Å²) in [5.41, 5.74) is 2.06. The Hall–Kier alpha value is -1.20. The van der Waals surface area contributed by atoms with E-state index in [0.717, 1.165) is 5.06 Å². The van der Waals surface area contributed by atoms with Gasteiger partial charge < -0.3 is 4.74 Å². The third-order valence-corrected chi connectivity index (χ3v) is 7.33. The minimum absolute atomic E-state index is 0.0319. The van der Waals surface area contributed by atoms with Crippen molar-refractivity contribution in [3.05, 3.63) is 11.1 Å². The van der Waals surface area contributed by atoms with E-state index in [2.05, 4.69) is 34.6 Å². The topological polar surface area (TPSA) is 59.1 Å². The molecule has 4 rings (SSSR count). The number of hydrogen-bond acceptors (Lipinski definition) is 4. The van der Waals surface area contributed by atoms with Gasteiger partial charge in [0.05, 0.1) is 18.4 Å². The number of amides is 2. The third kappa shape index (κ3) is 1.33. The number of hydrogen-bond donors (Lipinski definition) is 0. The Labute approximate surface area is 130 Å². The summed E-state index contributed by atoms with van der Waals surface area (Å²) in [7, 11) is 0. The van der Waals surface area contributed by atoms with Crippen LogP contribution >= 0.6 is 0 Å². The monoisotopic (exact) mass is 305 g/mol. The van der Waals surface area contributed by atoms with Crippen LogP contribution in [0.15, 0.2) is 11.1 Å². The van der Waals surface area contributed by atoms with Crippen LogP contribution in [-0.2, 0) is 19.2 Å². The Balaban J connectivity index is 1.73. The van der Waals surface area contributed by atoms with Gasteiger partial charge in [0, 0.05) is 10.8 Å². The fourth-order valence-electron chi connectivity index (χ4n) is 5.39. The Morgan fingerprint density at radius 3 is 2.00 bits per heavy atom. The summed E-state index contributed by atoms with van der Waals surface area (Å²) < 4.78 is 5.10. The predicted molar refractivity (Wildman–Crippen MR) is 78.3 cm³/mol. The molecule has 2 bridgehead atoms. The molecule has 4 aliphatic rings. The zero-order chi connectivity index (χ0) is 16.0. The first-order valence-corrected chi connectivity index (χ1v) is 8.06. The van der Waals surface area contributed by atoms with E-state index >= 15 is 0 Å². The van der Waals surface area contributed by atoms with Crippen molar-refractivity contribution < 1.29 is 19.2 Å². The average Bonchev–Trinajstić information content (AvgIpc) is 3.22. The Kier molecular flexibility index (Phi) is 2.62. The molecule has 120 valence electrons. The first kappa shape index (κ1) is 14.4. The van der Waals surface area contributed by atoms with E-state index < -0.39 is 0 Å². The van der Waals surface area contributed by atoms with Gasteiger partial charge in [0.15, 0.2) is 0 Å². The molecule has 5 nitrogen and oxygen atoms in total. The van der Waals surface area contributed by atoms with Crippen molar-refractivity contribution in [2.24, 2.45) is 28.6 Å². The lowest BCUT2D eigenvalue weighted by Crippen LogP contribution is -2.39. The average molecular weight is 305 g/mol. The zero-order valence-corrected chi connectivity index (χ0v) is 13.8. The van der Waals surface area contributed by atoms with E-state index in [9.17, 15) is 9.59 Å². The fourth-order valence-corrected chi connectivity index (χ4v) is 5.39. The molecule has 2 amide bonds. The number of imide groups is 1. The van der Waals surface area contributed by atoms with Gasteiger partial charge in [-0.15, -0.1) is 0 Å². The minimum atomic E-state index is -0.288. The molecule has 2 aliphatic heterocycles. The maximum atomic E-state index is 12.9. The quantitative estimate of drug-likeness (QED) is 0.454. The molecule has 2 aliphatic carbocycles. The SMILES string of the molecule is CC1=C(C)[C@]2(C)C3C(=O)N(OCC4CO4)C(=O)C3[C@@]1(C)C2C. The standard InChI is InChI=1S/C17H23NO4/c1-8-9(2)17(5)10(3)16(8,4)12-13(17)15(20)18(14(12)19)22-7-11-6-21-11/h10-13H,6-7H2,1-5H3/t10?,11?,12?,13?,16-,17+. The van der Waals surface area contributed by atoms with Gasteiger partial charge in [-0.25, -0.2) is 0 Å². The second-order valence-corrected chi connectivity index (χ2v) is 7.71. The van der Waals surface area contributed by atoms with E-state index in [-0.39, 0.29) is 53.1 Å². The maximum absolute atomic E-state index is 12.9. The smallest absolute Gasteiger partial charge is 0.258 e. The number of carbonyl (C=O) groups excluding carboxylic acids is 2. The van der Waals surface area contributed by atoms with Crippen LogP contribution < -0.4 is 0 Å². The van der Waals surface area contributed by atoms with Crippen molar-refractivity contribution in [3.63, 3.8) is 0 Å². The van der Waals surface area contributed by atoms with Crippen LogP contribution in [-0.4, -0.2) is 36.2 Å². The summed E-state index contributed by atoms with van der Waals surface area (Å²) in [6, 6.07) is 0. The molecule has 1 saturated carbocycles. The first-order chi connectivity index (χ1) is 10.3. The Bertz CT molecular complexity index is 578. The first-order valence-electron chi connectivity index (χ1n) is 8.06. The predicted octanol–water partition coefficient (Wildman–Crippen LogP) is 1.93. The molecule has 2 saturated heterocycles. The third-order valence-electron chi connectivity index (χ3n) is 7.33. The normalized spacial score (nSPS) is 49.4. The number of ether oxygens (including phenoxy) is 1. The highest BCUT2D eigenvalue weighted by atomic mass is 16.7. The second-order valence-electron chi connectivity index (χ2n) is 7.71. The van der Waals surface area contributed by atoms with Crippen molar-refractivity contribution in [2.45, 2.75) is 40.7 Å². The van der Waals surface area contributed by atoms with E-state index in [1.807, 2.05) is 0 Å². The molecule has 4 unspecified atom stereocenters.